The summed E-state index contributed by atoms with van der Waals surface area (Å²) in [7, 11) is 0. The lowest BCUT2D eigenvalue weighted by atomic mass is 10.1. The quantitative estimate of drug-likeness (QED) is 0.838. The van der Waals surface area contributed by atoms with E-state index in [-0.39, 0.29) is 0 Å². The molecule has 0 aliphatic rings. The van der Waals surface area contributed by atoms with E-state index in [1.807, 2.05) is 29.2 Å². The van der Waals surface area contributed by atoms with Crippen LogP contribution in [0.25, 0.3) is 11.1 Å². The maximum absolute atomic E-state index is 8.84. The maximum atomic E-state index is 8.84. The molecule has 4 nitrogen and oxygen atoms in total. The van der Waals surface area contributed by atoms with Gasteiger partial charge in [0.15, 0.2) is 0 Å². The SMILES string of the molecule is CC(C)Cn1cc(-c2ccc(C#N)c(N)c2)cn1. The van der Waals surface area contributed by atoms with Crippen LogP contribution in [-0.4, -0.2) is 9.78 Å². The van der Waals surface area contributed by atoms with Gasteiger partial charge in [0.05, 0.1) is 17.4 Å². The van der Waals surface area contributed by atoms with Crippen molar-refractivity contribution >= 4 is 5.69 Å². The molecule has 2 aromatic rings. The molecular formula is C14H16N4. The fourth-order valence-corrected chi connectivity index (χ4v) is 1.83. The molecule has 4 heteroatoms. The Hall–Kier alpha value is -2.28. The van der Waals surface area contributed by atoms with E-state index in [0.717, 1.165) is 17.7 Å². The molecule has 0 bridgehead atoms. The molecule has 0 spiro atoms. The Morgan fingerprint density at radius 3 is 2.78 bits per heavy atom. The molecule has 0 unspecified atom stereocenters. The molecule has 0 aliphatic carbocycles. The van der Waals surface area contributed by atoms with E-state index >= 15 is 0 Å². The molecule has 2 N–H and O–H groups in total. The van der Waals surface area contributed by atoms with Crippen molar-refractivity contribution in [2.24, 2.45) is 5.92 Å². The van der Waals surface area contributed by atoms with Crippen LogP contribution in [0.15, 0.2) is 30.6 Å². The van der Waals surface area contributed by atoms with Gasteiger partial charge in [-0.3, -0.25) is 4.68 Å². The predicted octanol–water partition coefficient (Wildman–Crippen LogP) is 2.66. The smallest absolute Gasteiger partial charge is 0.101 e. The summed E-state index contributed by atoms with van der Waals surface area (Å²) in [5, 5.41) is 13.2. The molecule has 0 saturated carbocycles. The molecule has 0 radical (unpaired) electrons. The Bertz CT molecular complexity index is 590. The van der Waals surface area contributed by atoms with Gasteiger partial charge in [0, 0.05) is 18.3 Å². The van der Waals surface area contributed by atoms with Gasteiger partial charge >= 0.3 is 0 Å². The monoisotopic (exact) mass is 240 g/mol. The number of anilines is 1. The Labute approximate surface area is 107 Å². The second-order valence-electron chi connectivity index (χ2n) is 4.76. The number of hydrogen-bond acceptors (Lipinski definition) is 3. The van der Waals surface area contributed by atoms with E-state index in [4.69, 9.17) is 11.0 Å². The van der Waals surface area contributed by atoms with E-state index in [1.165, 1.54) is 0 Å². The molecule has 1 aromatic heterocycles. The first-order valence-corrected chi connectivity index (χ1v) is 5.92. The van der Waals surface area contributed by atoms with Crippen LogP contribution >= 0.6 is 0 Å². The number of benzene rings is 1. The minimum Gasteiger partial charge on any atom is -0.398 e. The molecule has 2 rings (SSSR count). The summed E-state index contributed by atoms with van der Waals surface area (Å²) >= 11 is 0. The normalized spacial score (nSPS) is 10.6. The van der Waals surface area contributed by atoms with Crippen molar-refractivity contribution in [3.05, 3.63) is 36.2 Å². The highest BCUT2D eigenvalue weighted by molar-refractivity contribution is 5.69. The third-order valence-electron chi connectivity index (χ3n) is 2.69. The lowest BCUT2D eigenvalue weighted by Crippen LogP contribution is -2.03. The van der Waals surface area contributed by atoms with Crippen molar-refractivity contribution in [3.8, 4) is 17.2 Å². The highest BCUT2D eigenvalue weighted by atomic mass is 15.3. The fourth-order valence-electron chi connectivity index (χ4n) is 1.83. The zero-order valence-corrected chi connectivity index (χ0v) is 10.6. The second-order valence-corrected chi connectivity index (χ2v) is 4.76. The van der Waals surface area contributed by atoms with Gasteiger partial charge in [0.25, 0.3) is 0 Å². The van der Waals surface area contributed by atoms with E-state index in [9.17, 15) is 0 Å². The number of aromatic nitrogens is 2. The van der Waals surface area contributed by atoms with Crippen LogP contribution in [0.3, 0.4) is 0 Å². The van der Waals surface area contributed by atoms with Crippen LogP contribution in [0.4, 0.5) is 5.69 Å². The predicted molar refractivity (Wildman–Crippen MR) is 71.6 cm³/mol. The molecule has 0 amide bonds. The minimum absolute atomic E-state index is 0.506. The molecule has 1 aromatic carbocycles. The summed E-state index contributed by atoms with van der Waals surface area (Å²) in [6, 6.07) is 7.51. The number of nitrogen functional groups attached to an aromatic ring is 1. The third-order valence-corrected chi connectivity index (χ3v) is 2.69. The van der Waals surface area contributed by atoms with E-state index < -0.39 is 0 Å². The maximum Gasteiger partial charge on any atom is 0.101 e. The Morgan fingerprint density at radius 2 is 2.17 bits per heavy atom. The van der Waals surface area contributed by atoms with Crippen LogP contribution in [0.5, 0.6) is 0 Å². The highest BCUT2D eigenvalue weighted by Gasteiger charge is 2.05. The zero-order valence-electron chi connectivity index (χ0n) is 10.6. The van der Waals surface area contributed by atoms with Crippen molar-refractivity contribution in [2.75, 3.05) is 5.73 Å². The standard InChI is InChI=1S/C14H16N4/c1-10(2)8-18-9-13(7-17-18)11-3-4-12(6-15)14(16)5-11/h3-5,7,9-10H,8,16H2,1-2H3. The van der Waals surface area contributed by atoms with Crippen molar-refractivity contribution in [1.29, 1.82) is 5.26 Å². The van der Waals surface area contributed by atoms with E-state index in [1.54, 1.807) is 6.07 Å². The molecular weight excluding hydrogens is 224 g/mol. The fraction of sp³-hybridized carbons (Fsp3) is 0.286. The van der Waals surface area contributed by atoms with Crippen molar-refractivity contribution in [3.63, 3.8) is 0 Å². The summed E-state index contributed by atoms with van der Waals surface area (Å²) in [6.45, 7) is 5.20. The molecule has 1 heterocycles. The summed E-state index contributed by atoms with van der Waals surface area (Å²) in [5.41, 5.74) is 8.83. The first kappa shape index (κ1) is 12.2. The lowest BCUT2D eigenvalue weighted by Gasteiger charge is -2.04. The van der Waals surface area contributed by atoms with E-state index in [2.05, 4.69) is 25.0 Å². The second kappa shape index (κ2) is 4.92. The van der Waals surface area contributed by atoms with Gasteiger partial charge in [-0.25, -0.2) is 0 Å². The van der Waals surface area contributed by atoms with Crippen molar-refractivity contribution in [1.82, 2.24) is 9.78 Å². The first-order chi connectivity index (χ1) is 8.60. The number of nitriles is 1. The average molecular weight is 240 g/mol. The van der Waals surface area contributed by atoms with Gasteiger partial charge in [0.1, 0.15) is 6.07 Å². The summed E-state index contributed by atoms with van der Waals surface area (Å²) in [4.78, 5) is 0. The number of nitrogens with two attached hydrogens (primary N) is 1. The molecule has 18 heavy (non-hydrogen) atoms. The summed E-state index contributed by atoms with van der Waals surface area (Å²) in [5.74, 6) is 0.559. The van der Waals surface area contributed by atoms with Gasteiger partial charge in [-0.05, 0) is 23.6 Å². The molecule has 0 fully saturated rings. The lowest BCUT2D eigenvalue weighted by molar-refractivity contribution is 0.483. The van der Waals surface area contributed by atoms with Crippen molar-refractivity contribution < 1.29 is 0 Å². The Balaban J connectivity index is 2.29. The number of rotatable bonds is 3. The van der Waals surface area contributed by atoms with Crippen molar-refractivity contribution in [2.45, 2.75) is 20.4 Å². The topological polar surface area (TPSA) is 67.6 Å². The number of nitrogens with zero attached hydrogens (tertiary/aromatic N) is 3. The third kappa shape index (κ3) is 2.51. The molecule has 0 saturated heterocycles. The zero-order chi connectivity index (χ0) is 13.1. The molecule has 0 aliphatic heterocycles. The summed E-state index contributed by atoms with van der Waals surface area (Å²) in [6.07, 6.45) is 3.82. The van der Waals surface area contributed by atoms with Crippen LogP contribution in [0.1, 0.15) is 19.4 Å². The van der Waals surface area contributed by atoms with Crippen LogP contribution in [0, 0.1) is 17.2 Å². The van der Waals surface area contributed by atoms with Gasteiger partial charge in [-0.2, -0.15) is 10.4 Å². The molecule has 0 atom stereocenters. The van der Waals surface area contributed by atoms with Gasteiger partial charge < -0.3 is 5.73 Å². The first-order valence-electron chi connectivity index (χ1n) is 5.92. The Morgan fingerprint density at radius 1 is 1.39 bits per heavy atom. The highest BCUT2D eigenvalue weighted by Crippen LogP contribution is 2.23. The Kier molecular flexibility index (Phi) is 3.33. The molecule has 92 valence electrons. The number of hydrogen-bond donors (Lipinski definition) is 1. The average Bonchev–Trinajstić information content (AvgIpc) is 2.76. The largest absolute Gasteiger partial charge is 0.398 e. The van der Waals surface area contributed by atoms with Crippen LogP contribution < -0.4 is 5.73 Å². The minimum atomic E-state index is 0.506. The summed E-state index contributed by atoms with van der Waals surface area (Å²) < 4.78 is 1.92. The van der Waals surface area contributed by atoms with Crippen LogP contribution in [0.2, 0.25) is 0 Å². The van der Waals surface area contributed by atoms with Crippen LogP contribution in [-0.2, 0) is 6.54 Å². The van der Waals surface area contributed by atoms with Gasteiger partial charge in [-0.15, -0.1) is 0 Å². The van der Waals surface area contributed by atoms with Gasteiger partial charge in [0.2, 0.25) is 0 Å². The van der Waals surface area contributed by atoms with Gasteiger partial charge in [-0.1, -0.05) is 19.9 Å². The van der Waals surface area contributed by atoms with E-state index in [0.29, 0.717) is 17.2 Å².